The van der Waals surface area contributed by atoms with E-state index < -0.39 is 0 Å². The molecular formula is C16H27N. The summed E-state index contributed by atoms with van der Waals surface area (Å²) in [6.07, 6.45) is 15.5. The normalized spacial score (nSPS) is 52.2. The van der Waals surface area contributed by atoms with Gasteiger partial charge in [-0.2, -0.15) is 0 Å². The van der Waals surface area contributed by atoms with Gasteiger partial charge in [-0.25, -0.2) is 0 Å². The Hall–Kier alpha value is -0.0400. The summed E-state index contributed by atoms with van der Waals surface area (Å²) in [4.78, 5) is 0. The van der Waals surface area contributed by atoms with Crippen LogP contribution >= 0.6 is 0 Å². The minimum atomic E-state index is 0.818. The third-order valence-corrected chi connectivity index (χ3v) is 6.35. The van der Waals surface area contributed by atoms with Gasteiger partial charge in [-0.15, -0.1) is 0 Å². The third kappa shape index (κ3) is 1.95. The Morgan fingerprint density at radius 3 is 2.12 bits per heavy atom. The van der Waals surface area contributed by atoms with Crippen LogP contribution in [0.1, 0.15) is 64.2 Å². The molecule has 1 nitrogen and oxygen atoms in total. The van der Waals surface area contributed by atoms with Crippen LogP contribution in [0, 0.1) is 23.2 Å². The molecule has 1 atom stereocenters. The highest BCUT2D eigenvalue weighted by Gasteiger charge is 2.50. The summed E-state index contributed by atoms with van der Waals surface area (Å²) in [6.45, 7) is 1.28. The molecule has 0 aromatic carbocycles. The molecule has 0 radical (unpaired) electrons. The molecular weight excluding hydrogens is 206 g/mol. The fraction of sp³-hybridized carbons (Fsp3) is 1.00. The largest absolute Gasteiger partial charge is 0.314 e. The summed E-state index contributed by atoms with van der Waals surface area (Å²) in [5.74, 6) is 3.41. The highest BCUT2D eigenvalue weighted by molar-refractivity contribution is 5.01. The second kappa shape index (κ2) is 3.98. The van der Waals surface area contributed by atoms with Crippen LogP contribution in [0.3, 0.4) is 0 Å². The van der Waals surface area contributed by atoms with Gasteiger partial charge in [0, 0.05) is 6.04 Å². The molecule has 96 valence electrons. The molecule has 4 aliphatic carbocycles. The van der Waals surface area contributed by atoms with E-state index >= 15 is 0 Å². The van der Waals surface area contributed by atoms with Gasteiger partial charge in [0.25, 0.3) is 0 Å². The van der Waals surface area contributed by atoms with Crippen molar-refractivity contribution >= 4 is 0 Å². The Morgan fingerprint density at radius 1 is 0.941 bits per heavy atom. The molecule has 0 aromatic heterocycles. The zero-order chi connectivity index (χ0) is 11.3. The summed E-state index contributed by atoms with van der Waals surface area (Å²) in [5.41, 5.74) is 0.818. The molecule has 1 heterocycles. The molecule has 1 aliphatic heterocycles. The van der Waals surface area contributed by atoms with Crippen molar-refractivity contribution in [3.63, 3.8) is 0 Å². The van der Waals surface area contributed by atoms with Gasteiger partial charge in [0.1, 0.15) is 0 Å². The highest BCUT2D eigenvalue weighted by atomic mass is 14.9. The molecule has 0 spiro atoms. The second-order valence-corrected chi connectivity index (χ2v) is 7.75. The SMILES string of the molecule is C1CNC(CCC23CC4CC(CC(C4)C2)C3)C1. The quantitative estimate of drug-likeness (QED) is 0.783. The fourth-order valence-corrected chi connectivity index (χ4v) is 6.08. The van der Waals surface area contributed by atoms with Crippen LogP contribution in [0.25, 0.3) is 0 Å². The zero-order valence-electron chi connectivity index (χ0n) is 11.1. The fourth-order valence-electron chi connectivity index (χ4n) is 6.08. The lowest BCUT2D eigenvalue weighted by Crippen LogP contribution is -2.46. The molecule has 5 fully saturated rings. The number of nitrogens with one attached hydrogen (secondary N) is 1. The molecule has 1 saturated heterocycles. The van der Waals surface area contributed by atoms with Gasteiger partial charge in [0.15, 0.2) is 0 Å². The van der Waals surface area contributed by atoms with Crippen molar-refractivity contribution in [1.82, 2.24) is 5.32 Å². The molecule has 1 heteroatoms. The maximum absolute atomic E-state index is 3.69. The average Bonchev–Trinajstić information content (AvgIpc) is 2.77. The van der Waals surface area contributed by atoms with E-state index in [2.05, 4.69) is 5.32 Å². The Balaban J connectivity index is 1.42. The van der Waals surface area contributed by atoms with E-state index in [0.717, 1.165) is 29.2 Å². The van der Waals surface area contributed by atoms with Gasteiger partial charge >= 0.3 is 0 Å². The molecule has 4 saturated carbocycles. The molecule has 5 aliphatic rings. The average molecular weight is 233 g/mol. The molecule has 1 N–H and O–H groups in total. The lowest BCUT2D eigenvalue weighted by atomic mass is 9.48. The molecule has 4 bridgehead atoms. The summed E-state index contributed by atoms with van der Waals surface area (Å²) in [7, 11) is 0. The topological polar surface area (TPSA) is 12.0 Å². The molecule has 0 amide bonds. The molecule has 1 unspecified atom stereocenters. The van der Waals surface area contributed by atoms with E-state index in [1.807, 2.05) is 0 Å². The Bertz CT molecular complexity index is 255. The van der Waals surface area contributed by atoms with Crippen molar-refractivity contribution < 1.29 is 0 Å². The lowest BCUT2D eigenvalue weighted by molar-refractivity contribution is -0.0590. The predicted octanol–water partition coefficient (Wildman–Crippen LogP) is 3.74. The van der Waals surface area contributed by atoms with Crippen LogP contribution in [-0.4, -0.2) is 12.6 Å². The van der Waals surface area contributed by atoms with Crippen molar-refractivity contribution in [2.75, 3.05) is 6.54 Å². The van der Waals surface area contributed by atoms with Gasteiger partial charge in [-0.3, -0.25) is 0 Å². The smallest absolute Gasteiger partial charge is 0.00677 e. The van der Waals surface area contributed by atoms with E-state index in [0.29, 0.717) is 0 Å². The van der Waals surface area contributed by atoms with E-state index in [4.69, 9.17) is 0 Å². The first kappa shape index (κ1) is 10.8. The van der Waals surface area contributed by atoms with E-state index in [1.165, 1.54) is 25.8 Å². The van der Waals surface area contributed by atoms with Crippen LogP contribution in [0.15, 0.2) is 0 Å². The van der Waals surface area contributed by atoms with Gasteiger partial charge < -0.3 is 5.32 Å². The first-order chi connectivity index (χ1) is 8.31. The minimum absolute atomic E-state index is 0.818. The van der Waals surface area contributed by atoms with E-state index in [9.17, 15) is 0 Å². The van der Waals surface area contributed by atoms with Crippen LogP contribution in [-0.2, 0) is 0 Å². The van der Waals surface area contributed by atoms with Crippen LogP contribution in [0.5, 0.6) is 0 Å². The summed E-state index contributed by atoms with van der Waals surface area (Å²) in [5, 5.41) is 3.69. The zero-order valence-corrected chi connectivity index (χ0v) is 11.1. The van der Waals surface area contributed by atoms with Crippen LogP contribution in [0.2, 0.25) is 0 Å². The maximum Gasteiger partial charge on any atom is 0.00677 e. The first-order valence-corrected chi connectivity index (χ1v) is 8.05. The Kier molecular flexibility index (Phi) is 2.54. The number of hydrogen-bond donors (Lipinski definition) is 1. The van der Waals surface area contributed by atoms with Crippen molar-refractivity contribution in [2.24, 2.45) is 23.2 Å². The van der Waals surface area contributed by atoms with E-state index in [-0.39, 0.29) is 0 Å². The van der Waals surface area contributed by atoms with Crippen molar-refractivity contribution in [3.05, 3.63) is 0 Å². The third-order valence-electron chi connectivity index (χ3n) is 6.35. The standard InChI is InChI=1S/C16H27N/c1-2-15(17-5-1)3-4-16-9-12-6-13(10-16)8-14(7-12)11-16/h12-15,17H,1-11H2. The number of hydrogen-bond acceptors (Lipinski definition) is 1. The summed E-state index contributed by atoms with van der Waals surface area (Å²) < 4.78 is 0. The maximum atomic E-state index is 3.69. The van der Waals surface area contributed by atoms with Crippen LogP contribution < -0.4 is 5.32 Å². The van der Waals surface area contributed by atoms with Gasteiger partial charge in [0.05, 0.1) is 0 Å². The first-order valence-electron chi connectivity index (χ1n) is 8.05. The Labute approximate surface area is 106 Å². The monoisotopic (exact) mass is 233 g/mol. The van der Waals surface area contributed by atoms with Crippen molar-refractivity contribution in [1.29, 1.82) is 0 Å². The summed E-state index contributed by atoms with van der Waals surface area (Å²) >= 11 is 0. The Morgan fingerprint density at radius 2 is 1.59 bits per heavy atom. The summed E-state index contributed by atoms with van der Waals surface area (Å²) in [6, 6.07) is 0.878. The minimum Gasteiger partial charge on any atom is -0.314 e. The molecule has 0 aromatic rings. The van der Waals surface area contributed by atoms with Gasteiger partial charge in [-0.1, -0.05) is 0 Å². The lowest BCUT2D eigenvalue weighted by Gasteiger charge is -2.57. The van der Waals surface area contributed by atoms with Crippen LogP contribution in [0.4, 0.5) is 0 Å². The van der Waals surface area contributed by atoms with Gasteiger partial charge in [0.2, 0.25) is 0 Å². The second-order valence-electron chi connectivity index (χ2n) is 7.75. The van der Waals surface area contributed by atoms with Crippen molar-refractivity contribution in [2.45, 2.75) is 70.3 Å². The van der Waals surface area contributed by atoms with Gasteiger partial charge in [-0.05, 0) is 93.9 Å². The number of rotatable bonds is 3. The van der Waals surface area contributed by atoms with E-state index in [1.54, 1.807) is 44.9 Å². The molecule has 5 rings (SSSR count). The predicted molar refractivity (Wildman–Crippen MR) is 70.9 cm³/mol. The molecule has 17 heavy (non-hydrogen) atoms. The highest BCUT2D eigenvalue weighted by Crippen LogP contribution is 2.61. The van der Waals surface area contributed by atoms with Crippen molar-refractivity contribution in [3.8, 4) is 0 Å².